The molecular weight excluding hydrogens is 282 g/mol. The van der Waals surface area contributed by atoms with Crippen LogP contribution in [-0.2, 0) is 11.3 Å². The molecule has 0 amide bonds. The van der Waals surface area contributed by atoms with Gasteiger partial charge in [0.05, 0.1) is 12.3 Å². The van der Waals surface area contributed by atoms with Crippen LogP contribution in [0.3, 0.4) is 0 Å². The van der Waals surface area contributed by atoms with Crippen LogP contribution >= 0.6 is 11.3 Å². The number of nitrogens with zero attached hydrogens (tertiary/aromatic N) is 2. The third kappa shape index (κ3) is 4.94. The summed E-state index contributed by atoms with van der Waals surface area (Å²) in [6.45, 7) is 11.4. The fraction of sp³-hybridized carbons (Fsp3) is 0.812. The zero-order valence-electron chi connectivity index (χ0n) is 13.8. The second-order valence-corrected chi connectivity index (χ2v) is 7.25. The van der Waals surface area contributed by atoms with Gasteiger partial charge in [-0.15, -0.1) is 11.3 Å². The Balaban J connectivity index is 2.14. The second kappa shape index (κ2) is 8.11. The summed E-state index contributed by atoms with van der Waals surface area (Å²) >= 11 is 1.87. The molecule has 1 heterocycles. The molecule has 1 aliphatic carbocycles. The van der Waals surface area contributed by atoms with Crippen LogP contribution in [-0.4, -0.2) is 38.3 Å². The minimum atomic E-state index is 0.632. The van der Waals surface area contributed by atoms with E-state index in [0.29, 0.717) is 11.8 Å². The van der Waals surface area contributed by atoms with Crippen LogP contribution in [0.4, 0.5) is 5.13 Å². The van der Waals surface area contributed by atoms with E-state index in [4.69, 9.17) is 9.72 Å². The SMILES string of the molecule is CCNCc1sc(N(CCOC)CC(C)C)nc1C1CC1. The molecule has 21 heavy (non-hydrogen) atoms. The van der Waals surface area contributed by atoms with Crippen molar-refractivity contribution in [1.82, 2.24) is 10.3 Å². The Hall–Kier alpha value is -0.650. The summed E-state index contributed by atoms with van der Waals surface area (Å²) in [5, 5.41) is 4.63. The normalized spacial score (nSPS) is 14.9. The summed E-state index contributed by atoms with van der Waals surface area (Å²) in [7, 11) is 1.77. The van der Waals surface area contributed by atoms with E-state index < -0.39 is 0 Å². The Morgan fingerprint density at radius 3 is 2.76 bits per heavy atom. The third-order valence-electron chi connectivity index (χ3n) is 3.64. The second-order valence-electron chi connectivity index (χ2n) is 6.19. The Kier molecular flexibility index (Phi) is 6.45. The number of anilines is 1. The monoisotopic (exact) mass is 311 g/mol. The van der Waals surface area contributed by atoms with Gasteiger partial charge in [0.25, 0.3) is 0 Å². The van der Waals surface area contributed by atoms with Gasteiger partial charge in [0.2, 0.25) is 0 Å². The van der Waals surface area contributed by atoms with Crippen LogP contribution in [0.5, 0.6) is 0 Å². The van der Waals surface area contributed by atoms with Gasteiger partial charge in [0.15, 0.2) is 5.13 Å². The zero-order valence-corrected chi connectivity index (χ0v) is 14.6. The van der Waals surface area contributed by atoms with Gasteiger partial charge in [-0.25, -0.2) is 4.98 Å². The van der Waals surface area contributed by atoms with Crippen molar-refractivity contribution in [2.75, 3.05) is 38.3 Å². The van der Waals surface area contributed by atoms with Crippen LogP contribution in [0.2, 0.25) is 0 Å². The molecule has 0 bridgehead atoms. The van der Waals surface area contributed by atoms with Gasteiger partial charge < -0.3 is 15.0 Å². The molecule has 1 aliphatic rings. The van der Waals surface area contributed by atoms with E-state index in [9.17, 15) is 0 Å². The first kappa shape index (κ1) is 16.7. The van der Waals surface area contributed by atoms with Gasteiger partial charge in [-0.1, -0.05) is 20.8 Å². The largest absolute Gasteiger partial charge is 0.383 e. The molecule has 0 aromatic carbocycles. The molecule has 0 aliphatic heterocycles. The van der Waals surface area contributed by atoms with Crippen molar-refractivity contribution < 1.29 is 4.74 Å². The Morgan fingerprint density at radius 2 is 2.19 bits per heavy atom. The molecule has 0 unspecified atom stereocenters. The summed E-state index contributed by atoms with van der Waals surface area (Å²) in [4.78, 5) is 8.80. The zero-order chi connectivity index (χ0) is 15.2. The summed E-state index contributed by atoms with van der Waals surface area (Å²) in [6, 6.07) is 0. The van der Waals surface area contributed by atoms with E-state index in [1.807, 2.05) is 11.3 Å². The molecule has 1 N–H and O–H groups in total. The van der Waals surface area contributed by atoms with Crippen molar-refractivity contribution in [2.24, 2.45) is 5.92 Å². The lowest BCUT2D eigenvalue weighted by atomic mass is 10.2. The van der Waals surface area contributed by atoms with Crippen LogP contribution < -0.4 is 10.2 Å². The van der Waals surface area contributed by atoms with Gasteiger partial charge in [0, 0.05) is 37.5 Å². The highest BCUT2D eigenvalue weighted by atomic mass is 32.1. The van der Waals surface area contributed by atoms with Gasteiger partial charge >= 0.3 is 0 Å². The number of thiazole rings is 1. The van der Waals surface area contributed by atoms with E-state index in [-0.39, 0.29) is 0 Å². The quantitative estimate of drug-likeness (QED) is 0.720. The average molecular weight is 311 g/mol. The molecule has 0 atom stereocenters. The highest BCUT2D eigenvalue weighted by Crippen LogP contribution is 2.44. The molecule has 1 fully saturated rings. The lowest BCUT2D eigenvalue weighted by Gasteiger charge is -2.23. The van der Waals surface area contributed by atoms with Gasteiger partial charge in [-0.05, 0) is 25.3 Å². The van der Waals surface area contributed by atoms with Crippen LogP contribution in [0.25, 0.3) is 0 Å². The maximum atomic E-state index is 5.26. The number of rotatable bonds is 10. The molecule has 1 saturated carbocycles. The molecule has 0 radical (unpaired) electrons. The van der Waals surface area contributed by atoms with E-state index in [1.54, 1.807) is 7.11 Å². The van der Waals surface area contributed by atoms with Crippen molar-refractivity contribution in [3.63, 3.8) is 0 Å². The fourth-order valence-electron chi connectivity index (χ4n) is 2.43. The summed E-state index contributed by atoms with van der Waals surface area (Å²) < 4.78 is 5.26. The van der Waals surface area contributed by atoms with Crippen molar-refractivity contribution >= 4 is 16.5 Å². The first-order valence-electron chi connectivity index (χ1n) is 8.09. The van der Waals surface area contributed by atoms with E-state index >= 15 is 0 Å². The number of hydrogen-bond donors (Lipinski definition) is 1. The highest BCUT2D eigenvalue weighted by Gasteiger charge is 2.30. The van der Waals surface area contributed by atoms with Gasteiger partial charge in [-0.2, -0.15) is 0 Å². The minimum Gasteiger partial charge on any atom is -0.383 e. The van der Waals surface area contributed by atoms with Crippen molar-refractivity contribution in [3.05, 3.63) is 10.6 Å². The topological polar surface area (TPSA) is 37.4 Å². The fourth-order valence-corrected chi connectivity index (χ4v) is 3.58. The standard InChI is InChI=1S/C16H29N3OS/c1-5-17-10-14-15(13-6-7-13)18-16(21-14)19(8-9-20-4)11-12(2)3/h12-13,17H,5-11H2,1-4H3. The number of aromatic nitrogens is 1. The molecule has 2 rings (SSSR count). The molecule has 0 saturated heterocycles. The van der Waals surface area contributed by atoms with Gasteiger partial charge in [-0.3, -0.25) is 0 Å². The molecule has 5 heteroatoms. The number of nitrogens with one attached hydrogen (secondary N) is 1. The summed E-state index contributed by atoms with van der Waals surface area (Å²) in [5.74, 6) is 1.35. The van der Waals surface area contributed by atoms with Crippen molar-refractivity contribution in [2.45, 2.75) is 46.1 Å². The lowest BCUT2D eigenvalue weighted by molar-refractivity contribution is 0.204. The molecular formula is C16H29N3OS. The smallest absolute Gasteiger partial charge is 0.185 e. The van der Waals surface area contributed by atoms with Gasteiger partial charge in [0.1, 0.15) is 0 Å². The number of ether oxygens (including phenoxy) is 1. The predicted molar refractivity (Wildman–Crippen MR) is 90.4 cm³/mol. The maximum Gasteiger partial charge on any atom is 0.185 e. The number of hydrogen-bond acceptors (Lipinski definition) is 5. The highest BCUT2D eigenvalue weighted by molar-refractivity contribution is 7.15. The van der Waals surface area contributed by atoms with E-state index in [2.05, 4.69) is 31.0 Å². The summed E-state index contributed by atoms with van der Waals surface area (Å²) in [5.41, 5.74) is 1.35. The van der Waals surface area contributed by atoms with Crippen LogP contribution in [0.1, 0.15) is 50.1 Å². The van der Waals surface area contributed by atoms with Crippen molar-refractivity contribution in [1.29, 1.82) is 0 Å². The lowest BCUT2D eigenvalue weighted by Crippen LogP contribution is -2.30. The molecule has 4 nitrogen and oxygen atoms in total. The molecule has 1 aromatic rings. The first-order valence-corrected chi connectivity index (χ1v) is 8.91. The molecule has 0 spiro atoms. The van der Waals surface area contributed by atoms with Crippen LogP contribution in [0.15, 0.2) is 0 Å². The Bertz CT molecular complexity index is 429. The first-order chi connectivity index (χ1) is 10.2. The average Bonchev–Trinajstić information content (AvgIpc) is 3.21. The van der Waals surface area contributed by atoms with E-state index in [1.165, 1.54) is 28.5 Å². The number of methoxy groups -OCH3 is 1. The van der Waals surface area contributed by atoms with Crippen LogP contribution in [0, 0.1) is 5.92 Å². The minimum absolute atomic E-state index is 0.632. The Morgan fingerprint density at radius 1 is 1.43 bits per heavy atom. The molecule has 1 aromatic heterocycles. The third-order valence-corrected chi connectivity index (χ3v) is 4.77. The Labute approximate surface area is 132 Å². The maximum absolute atomic E-state index is 5.26. The summed E-state index contributed by atoms with van der Waals surface area (Å²) in [6.07, 6.45) is 2.62. The van der Waals surface area contributed by atoms with Crippen molar-refractivity contribution in [3.8, 4) is 0 Å². The van der Waals surface area contributed by atoms with E-state index in [0.717, 1.165) is 32.8 Å². The predicted octanol–water partition coefficient (Wildman–Crippen LogP) is 3.24. The molecule has 120 valence electrons.